The predicted octanol–water partition coefficient (Wildman–Crippen LogP) is 4.00. The molecular formula is C15H23N. The maximum absolute atomic E-state index is 3.56. The first-order chi connectivity index (χ1) is 7.63. The molecule has 0 aromatic heterocycles. The van der Waals surface area contributed by atoms with Crippen LogP contribution in [0.2, 0.25) is 0 Å². The van der Waals surface area contributed by atoms with E-state index in [2.05, 4.69) is 63.4 Å². The van der Waals surface area contributed by atoms with Gasteiger partial charge >= 0.3 is 0 Å². The van der Waals surface area contributed by atoms with Crippen LogP contribution < -0.4 is 5.32 Å². The van der Waals surface area contributed by atoms with Crippen LogP contribution in [0, 0.1) is 6.92 Å². The molecule has 1 heteroatoms. The molecule has 1 N–H and O–H groups in total. The fourth-order valence-electron chi connectivity index (χ4n) is 1.70. The van der Waals surface area contributed by atoms with E-state index < -0.39 is 0 Å². The molecule has 0 saturated carbocycles. The van der Waals surface area contributed by atoms with E-state index in [-0.39, 0.29) is 0 Å². The molecule has 1 unspecified atom stereocenters. The van der Waals surface area contributed by atoms with Crippen LogP contribution >= 0.6 is 0 Å². The lowest BCUT2D eigenvalue weighted by Gasteiger charge is -2.16. The van der Waals surface area contributed by atoms with Crippen molar-refractivity contribution in [1.82, 2.24) is 5.32 Å². The summed E-state index contributed by atoms with van der Waals surface area (Å²) in [5.41, 5.74) is 4.07. The van der Waals surface area contributed by atoms with Crippen LogP contribution in [0.25, 0.3) is 0 Å². The van der Waals surface area contributed by atoms with Gasteiger partial charge in [0.25, 0.3) is 0 Å². The standard InChI is InChI=1S/C15H23N/c1-5-15(16-11-10-12(2)3)14-8-6-13(4)7-9-14/h6-10,15-16H,5,11H2,1-4H3. The van der Waals surface area contributed by atoms with Crippen molar-refractivity contribution in [3.8, 4) is 0 Å². The second-order valence-corrected chi connectivity index (χ2v) is 4.56. The number of rotatable bonds is 5. The maximum Gasteiger partial charge on any atom is 0.0320 e. The number of aryl methyl sites for hydroxylation is 1. The van der Waals surface area contributed by atoms with Gasteiger partial charge in [0.05, 0.1) is 0 Å². The van der Waals surface area contributed by atoms with Crippen LogP contribution in [0.1, 0.15) is 44.4 Å². The smallest absolute Gasteiger partial charge is 0.0320 e. The van der Waals surface area contributed by atoms with Gasteiger partial charge in [0.15, 0.2) is 0 Å². The molecule has 0 amide bonds. The minimum absolute atomic E-state index is 0.469. The molecule has 1 nitrogen and oxygen atoms in total. The first kappa shape index (κ1) is 13.0. The first-order valence-electron chi connectivity index (χ1n) is 6.06. The van der Waals surface area contributed by atoms with Crippen molar-refractivity contribution in [2.75, 3.05) is 6.54 Å². The zero-order chi connectivity index (χ0) is 12.0. The third-order valence-electron chi connectivity index (χ3n) is 2.76. The SMILES string of the molecule is CCC(NCC=C(C)C)c1ccc(C)cc1. The normalized spacial score (nSPS) is 12.2. The van der Waals surface area contributed by atoms with E-state index in [1.807, 2.05) is 0 Å². The van der Waals surface area contributed by atoms with Crippen LogP contribution in [0.15, 0.2) is 35.9 Å². The van der Waals surface area contributed by atoms with E-state index >= 15 is 0 Å². The van der Waals surface area contributed by atoms with E-state index in [1.165, 1.54) is 16.7 Å². The van der Waals surface area contributed by atoms with Gasteiger partial charge in [-0.2, -0.15) is 0 Å². The fourth-order valence-corrected chi connectivity index (χ4v) is 1.70. The highest BCUT2D eigenvalue weighted by molar-refractivity contribution is 5.24. The van der Waals surface area contributed by atoms with Crippen molar-refractivity contribution in [1.29, 1.82) is 0 Å². The molecule has 1 rings (SSSR count). The lowest BCUT2D eigenvalue weighted by Crippen LogP contribution is -2.20. The summed E-state index contributed by atoms with van der Waals surface area (Å²) in [4.78, 5) is 0. The van der Waals surface area contributed by atoms with Gasteiger partial charge in [-0.25, -0.2) is 0 Å². The molecule has 0 aliphatic rings. The lowest BCUT2D eigenvalue weighted by molar-refractivity contribution is 0.550. The summed E-state index contributed by atoms with van der Waals surface area (Å²) in [6.07, 6.45) is 3.36. The largest absolute Gasteiger partial charge is 0.306 e. The Morgan fingerprint density at radius 2 is 1.88 bits per heavy atom. The molecule has 0 bridgehead atoms. The Labute approximate surface area is 99.6 Å². The van der Waals surface area contributed by atoms with Gasteiger partial charge in [-0.05, 0) is 32.8 Å². The van der Waals surface area contributed by atoms with Crippen LogP contribution in [-0.4, -0.2) is 6.54 Å². The van der Waals surface area contributed by atoms with Gasteiger partial charge in [-0.1, -0.05) is 48.4 Å². The number of benzene rings is 1. The van der Waals surface area contributed by atoms with Gasteiger partial charge in [0.2, 0.25) is 0 Å². The van der Waals surface area contributed by atoms with Gasteiger partial charge in [0.1, 0.15) is 0 Å². The van der Waals surface area contributed by atoms with Crippen LogP contribution in [-0.2, 0) is 0 Å². The minimum atomic E-state index is 0.469. The minimum Gasteiger partial charge on any atom is -0.306 e. The van der Waals surface area contributed by atoms with Crippen molar-refractivity contribution in [2.24, 2.45) is 0 Å². The van der Waals surface area contributed by atoms with Crippen LogP contribution in [0.4, 0.5) is 0 Å². The molecule has 1 aromatic carbocycles. The quantitative estimate of drug-likeness (QED) is 0.735. The molecule has 88 valence electrons. The van der Waals surface area contributed by atoms with Crippen LogP contribution in [0.5, 0.6) is 0 Å². The maximum atomic E-state index is 3.56. The summed E-state index contributed by atoms with van der Waals surface area (Å²) in [5, 5.41) is 3.56. The monoisotopic (exact) mass is 217 g/mol. The summed E-state index contributed by atoms with van der Waals surface area (Å²) in [6, 6.07) is 9.27. The highest BCUT2D eigenvalue weighted by Crippen LogP contribution is 2.16. The van der Waals surface area contributed by atoms with Crippen molar-refractivity contribution in [3.05, 3.63) is 47.0 Å². The molecule has 1 aromatic rings. The summed E-state index contributed by atoms with van der Waals surface area (Å²) >= 11 is 0. The van der Waals surface area contributed by atoms with E-state index in [9.17, 15) is 0 Å². The molecule has 0 fully saturated rings. The predicted molar refractivity (Wildman–Crippen MR) is 71.6 cm³/mol. The van der Waals surface area contributed by atoms with E-state index in [0.717, 1.165) is 13.0 Å². The van der Waals surface area contributed by atoms with E-state index in [4.69, 9.17) is 0 Å². The Kier molecular flexibility index (Phi) is 5.27. The van der Waals surface area contributed by atoms with Gasteiger partial charge < -0.3 is 5.32 Å². The highest BCUT2D eigenvalue weighted by atomic mass is 14.9. The topological polar surface area (TPSA) is 12.0 Å². The van der Waals surface area contributed by atoms with Crippen LogP contribution in [0.3, 0.4) is 0 Å². The molecule has 16 heavy (non-hydrogen) atoms. The molecule has 0 heterocycles. The summed E-state index contributed by atoms with van der Waals surface area (Å²) in [6.45, 7) is 9.57. The first-order valence-corrected chi connectivity index (χ1v) is 6.06. The number of hydrogen-bond acceptors (Lipinski definition) is 1. The number of allylic oxidation sites excluding steroid dienone is 1. The zero-order valence-corrected chi connectivity index (χ0v) is 10.9. The van der Waals surface area contributed by atoms with E-state index in [0.29, 0.717) is 6.04 Å². The summed E-state index contributed by atoms with van der Waals surface area (Å²) in [7, 11) is 0. The zero-order valence-electron chi connectivity index (χ0n) is 10.9. The Morgan fingerprint density at radius 1 is 1.25 bits per heavy atom. The second kappa shape index (κ2) is 6.49. The molecule has 0 aliphatic heterocycles. The summed E-state index contributed by atoms with van der Waals surface area (Å²) in [5.74, 6) is 0. The average Bonchev–Trinajstić information content (AvgIpc) is 2.26. The van der Waals surface area contributed by atoms with Crippen molar-refractivity contribution in [3.63, 3.8) is 0 Å². The fraction of sp³-hybridized carbons (Fsp3) is 0.467. The molecule has 1 atom stereocenters. The molecule has 0 radical (unpaired) electrons. The Morgan fingerprint density at radius 3 is 2.38 bits per heavy atom. The van der Waals surface area contributed by atoms with Crippen molar-refractivity contribution in [2.45, 2.75) is 40.2 Å². The van der Waals surface area contributed by atoms with Gasteiger partial charge in [0, 0.05) is 12.6 Å². The molecule has 0 saturated heterocycles. The third-order valence-corrected chi connectivity index (χ3v) is 2.76. The molecule has 0 spiro atoms. The third kappa shape index (κ3) is 4.19. The van der Waals surface area contributed by atoms with Gasteiger partial charge in [-0.3, -0.25) is 0 Å². The Balaban J connectivity index is 2.60. The number of nitrogens with one attached hydrogen (secondary N) is 1. The number of hydrogen-bond donors (Lipinski definition) is 1. The second-order valence-electron chi connectivity index (χ2n) is 4.56. The van der Waals surface area contributed by atoms with Gasteiger partial charge in [-0.15, -0.1) is 0 Å². The van der Waals surface area contributed by atoms with E-state index in [1.54, 1.807) is 0 Å². The molecule has 0 aliphatic carbocycles. The van der Waals surface area contributed by atoms with Crippen molar-refractivity contribution >= 4 is 0 Å². The summed E-state index contributed by atoms with van der Waals surface area (Å²) < 4.78 is 0. The molecular weight excluding hydrogens is 194 g/mol. The average molecular weight is 217 g/mol. The Bertz CT molecular complexity index is 331. The lowest BCUT2D eigenvalue weighted by atomic mass is 10.0. The van der Waals surface area contributed by atoms with Crippen molar-refractivity contribution < 1.29 is 0 Å². The highest BCUT2D eigenvalue weighted by Gasteiger charge is 2.06. The Hall–Kier alpha value is -1.08.